The Morgan fingerprint density at radius 2 is 1.89 bits per heavy atom. The van der Waals surface area contributed by atoms with Gasteiger partial charge in [-0.25, -0.2) is 22.0 Å². The summed E-state index contributed by atoms with van der Waals surface area (Å²) in [6.45, 7) is 2.01. The Morgan fingerprint density at radius 1 is 1.22 bits per heavy atom. The van der Waals surface area contributed by atoms with Gasteiger partial charge in [-0.1, -0.05) is 6.92 Å². The summed E-state index contributed by atoms with van der Waals surface area (Å²) in [7, 11) is -6.35. The molecule has 1 aliphatic rings. The number of sulfonamides is 1. The first kappa shape index (κ1) is 15.9. The van der Waals surface area contributed by atoms with Gasteiger partial charge in [0.1, 0.15) is 9.84 Å². The zero-order valence-corrected chi connectivity index (χ0v) is 12.3. The van der Waals surface area contributed by atoms with Crippen LogP contribution in [-0.4, -0.2) is 46.2 Å². The van der Waals surface area contributed by atoms with Crippen LogP contribution in [0.2, 0.25) is 0 Å². The molecule has 1 heterocycles. The van der Waals surface area contributed by atoms with Crippen LogP contribution in [0.5, 0.6) is 0 Å². The Bertz CT molecular complexity index is 450. The van der Waals surface area contributed by atoms with Crippen molar-refractivity contribution in [1.82, 2.24) is 5.32 Å². The van der Waals surface area contributed by atoms with Crippen molar-refractivity contribution in [3.05, 3.63) is 0 Å². The lowest BCUT2D eigenvalue weighted by Gasteiger charge is -2.28. The molecule has 0 aromatic rings. The third kappa shape index (κ3) is 5.21. The predicted molar refractivity (Wildman–Crippen MR) is 71.5 cm³/mol. The number of rotatable bonds is 6. The molecule has 0 spiro atoms. The van der Waals surface area contributed by atoms with E-state index >= 15 is 0 Å². The second-order valence-corrected chi connectivity index (χ2v) is 9.09. The Morgan fingerprint density at radius 3 is 2.33 bits per heavy atom. The van der Waals surface area contributed by atoms with Gasteiger partial charge in [-0.15, -0.1) is 0 Å². The summed E-state index contributed by atoms with van der Waals surface area (Å²) in [6, 6.07) is 0.204. The molecule has 1 aliphatic heterocycles. The van der Waals surface area contributed by atoms with Crippen molar-refractivity contribution < 1.29 is 16.8 Å². The first-order valence-electron chi connectivity index (χ1n) is 6.20. The average Bonchev–Trinajstić information content (AvgIpc) is 2.28. The van der Waals surface area contributed by atoms with E-state index in [0.717, 1.165) is 12.8 Å². The molecule has 0 bridgehead atoms. The van der Waals surface area contributed by atoms with E-state index in [1.54, 1.807) is 6.92 Å². The Hall–Kier alpha value is -0.180. The maximum absolute atomic E-state index is 11.3. The first-order chi connectivity index (χ1) is 8.24. The highest BCUT2D eigenvalue weighted by Gasteiger charge is 2.27. The molecule has 1 fully saturated rings. The Kier molecular flexibility index (Phi) is 5.57. The van der Waals surface area contributed by atoms with Gasteiger partial charge >= 0.3 is 0 Å². The maximum Gasteiger partial charge on any atom is 0.213 e. The number of piperidine rings is 1. The number of nitrogens with one attached hydrogen (secondary N) is 1. The summed E-state index contributed by atoms with van der Waals surface area (Å²) in [4.78, 5) is 0. The molecule has 6 nitrogen and oxygen atoms in total. The number of hydrogen-bond donors (Lipinski definition) is 2. The van der Waals surface area contributed by atoms with Crippen LogP contribution in [-0.2, 0) is 19.9 Å². The summed E-state index contributed by atoms with van der Waals surface area (Å²) >= 11 is 0. The molecule has 8 heteroatoms. The van der Waals surface area contributed by atoms with Gasteiger partial charge in [0.05, 0.1) is 11.0 Å². The molecule has 0 radical (unpaired) electrons. The quantitative estimate of drug-likeness (QED) is 0.694. The molecular weight excluding hydrogens is 276 g/mol. The lowest BCUT2D eigenvalue weighted by Crippen LogP contribution is -2.46. The van der Waals surface area contributed by atoms with E-state index in [9.17, 15) is 16.8 Å². The molecule has 1 saturated heterocycles. The molecule has 108 valence electrons. The van der Waals surface area contributed by atoms with Crippen molar-refractivity contribution >= 4 is 19.9 Å². The van der Waals surface area contributed by atoms with Gasteiger partial charge < -0.3 is 5.32 Å². The SMILES string of the molecule is CCS(=O)(=O)CCCC1CCC(S(N)(=O)=O)CN1. The molecule has 0 aromatic heterocycles. The summed E-state index contributed by atoms with van der Waals surface area (Å²) in [5.41, 5.74) is 0. The smallest absolute Gasteiger partial charge is 0.213 e. The van der Waals surface area contributed by atoms with E-state index in [4.69, 9.17) is 5.14 Å². The zero-order chi connectivity index (χ0) is 13.8. The molecular formula is C10H22N2O4S2. The fourth-order valence-corrected chi connectivity index (χ4v) is 3.80. The lowest BCUT2D eigenvalue weighted by atomic mass is 10.0. The van der Waals surface area contributed by atoms with E-state index in [0.29, 0.717) is 19.4 Å². The summed E-state index contributed by atoms with van der Waals surface area (Å²) in [5.74, 6) is 0.388. The van der Waals surface area contributed by atoms with Crippen LogP contribution in [0.1, 0.15) is 32.6 Å². The molecule has 1 rings (SSSR count). The summed E-state index contributed by atoms with van der Waals surface area (Å²) in [6.07, 6.45) is 2.66. The van der Waals surface area contributed by atoms with Crippen molar-refractivity contribution in [2.24, 2.45) is 5.14 Å². The molecule has 3 N–H and O–H groups in total. The molecule has 2 atom stereocenters. The van der Waals surface area contributed by atoms with Crippen molar-refractivity contribution in [1.29, 1.82) is 0 Å². The monoisotopic (exact) mass is 298 g/mol. The Labute approximate surface area is 109 Å². The topological polar surface area (TPSA) is 106 Å². The molecule has 0 aliphatic carbocycles. The van der Waals surface area contributed by atoms with Crippen LogP contribution in [0.4, 0.5) is 0 Å². The third-order valence-corrected chi connectivity index (χ3v) is 6.51. The van der Waals surface area contributed by atoms with E-state index in [2.05, 4.69) is 5.32 Å². The van der Waals surface area contributed by atoms with Gasteiger partial charge in [0.25, 0.3) is 0 Å². The van der Waals surface area contributed by atoms with Gasteiger partial charge in [-0.2, -0.15) is 0 Å². The van der Waals surface area contributed by atoms with E-state index in [-0.39, 0.29) is 17.5 Å². The second kappa shape index (κ2) is 6.31. The van der Waals surface area contributed by atoms with E-state index in [1.165, 1.54) is 0 Å². The van der Waals surface area contributed by atoms with E-state index < -0.39 is 25.1 Å². The molecule has 2 unspecified atom stereocenters. The minimum absolute atomic E-state index is 0.179. The largest absolute Gasteiger partial charge is 0.313 e. The first-order valence-corrected chi connectivity index (χ1v) is 9.63. The van der Waals surface area contributed by atoms with Crippen molar-refractivity contribution in [2.75, 3.05) is 18.1 Å². The van der Waals surface area contributed by atoms with Gasteiger partial charge in [-0.05, 0) is 25.7 Å². The fourth-order valence-electron chi connectivity index (χ4n) is 2.11. The zero-order valence-electron chi connectivity index (χ0n) is 10.6. The third-order valence-electron chi connectivity index (χ3n) is 3.38. The van der Waals surface area contributed by atoms with Crippen LogP contribution in [0.15, 0.2) is 0 Å². The van der Waals surface area contributed by atoms with Crippen LogP contribution >= 0.6 is 0 Å². The minimum Gasteiger partial charge on any atom is -0.313 e. The average molecular weight is 298 g/mol. The normalized spacial score (nSPS) is 26.1. The fraction of sp³-hybridized carbons (Fsp3) is 1.00. The van der Waals surface area contributed by atoms with E-state index in [1.807, 2.05) is 0 Å². The Balaban J connectivity index is 2.29. The highest BCUT2D eigenvalue weighted by Crippen LogP contribution is 2.16. The molecule has 18 heavy (non-hydrogen) atoms. The number of primary sulfonamides is 1. The van der Waals surface area contributed by atoms with Gasteiger partial charge in [0.15, 0.2) is 0 Å². The summed E-state index contributed by atoms with van der Waals surface area (Å²) < 4.78 is 44.9. The molecule has 0 aromatic carbocycles. The van der Waals surface area contributed by atoms with Crippen molar-refractivity contribution in [2.45, 2.75) is 43.9 Å². The van der Waals surface area contributed by atoms with Crippen molar-refractivity contribution in [3.8, 4) is 0 Å². The van der Waals surface area contributed by atoms with Crippen molar-refractivity contribution in [3.63, 3.8) is 0 Å². The van der Waals surface area contributed by atoms with Crippen LogP contribution in [0.3, 0.4) is 0 Å². The maximum atomic E-state index is 11.3. The molecule has 0 amide bonds. The minimum atomic E-state index is -3.46. The van der Waals surface area contributed by atoms with Gasteiger partial charge in [-0.3, -0.25) is 0 Å². The highest BCUT2D eigenvalue weighted by atomic mass is 32.2. The predicted octanol–water partition coefficient (Wildman–Crippen LogP) is -0.390. The molecule has 0 saturated carbocycles. The van der Waals surface area contributed by atoms with Crippen LogP contribution in [0.25, 0.3) is 0 Å². The number of nitrogens with two attached hydrogens (primary N) is 1. The van der Waals surface area contributed by atoms with Crippen LogP contribution in [0, 0.1) is 0 Å². The van der Waals surface area contributed by atoms with Gasteiger partial charge in [0.2, 0.25) is 10.0 Å². The number of sulfone groups is 1. The second-order valence-electron chi connectivity index (χ2n) is 4.77. The van der Waals surface area contributed by atoms with Crippen LogP contribution < -0.4 is 10.5 Å². The standard InChI is InChI=1S/C10H22N2O4S2/c1-2-17(13,14)7-3-4-9-5-6-10(8-12-9)18(11,15)16/h9-10,12H,2-8H2,1H3,(H2,11,15,16). The highest BCUT2D eigenvalue weighted by molar-refractivity contribution is 7.91. The summed E-state index contributed by atoms with van der Waals surface area (Å²) in [5, 5.41) is 7.70. The number of hydrogen-bond acceptors (Lipinski definition) is 5. The van der Waals surface area contributed by atoms with Gasteiger partial charge in [0, 0.05) is 18.3 Å². The lowest BCUT2D eigenvalue weighted by molar-refractivity contribution is 0.378.